The van der Waals surface area contributed by atoms with Gasteiger partial charge in [0.2, 0.25) is 5.91 Å². The van der Waals surface area contributed by atoms with E-state index in [2.05, 4.69) is 10.6 Å². The topological polar surface area (TPSA) is 93.0 Å². The lowest BCUT2D eigenvalue weighted by molar-refractivity contribution is -0.115. The molecule has 0 fully saturated rings. The number of para-hydroxylation sites is 1. The van der Waals surface area contributed by atoms with Crippen molar-refractivity contribution in [3.63, 3.8) is 0 Å². The largest absolute Gasteiger partial charge is 0.507 e. The van der Waals surface area contributed by atoms with Crippen LogP contribution in [-0.2, 0) is 17.8 Å². The minimum Gasteiger partial charge on any atom is -0.507 e. The summed E-state index contributed by atoms with van der Waals surface area (Å²) in [5.74, 6) is 1.64. The highest BCUT2D eigenvalue weighted by Gasteiger charge is 2.21. The molecule has 7 nitrogen and oxygen atoms in total. The number of fused-ring (bicyclic) bond motifs is 1. The summed E-state index contributed by atoms with van der Waals surface area (Å²) in [6.07, 6.45) is 1.60. The number of furan rings is 1. The maximum absolute atomic E-state index is 12.8. The molecule has 7 heteroatoms. The van der Waals surface area contributed by atoms with Crippen LogP contribution in [-0.4, -0.2) is 25.2 Å². The van der Waals surface area contributed by atoms with E-state index in [9.17, 15) is 9.90 Å². The quantitative estimate of drug-likeness (QED) is 0.342. The molecule has 0 spiro atoms. The van der Waals surface area contributed by atoms with Gasteiger partial charge in [0.05, 0.1) is 33.4 Å². The highest BCUT2D eigenvalue weighted by Crippen LogP contribution is 2.43. The van der Waals surface area contributed by atoms with Crippen LogP contribution in [0.3, 0.4) is 0 Å². The van der Waals surface area contributed by atoms with Gasteiger partial charge < -0.3 is 29.6 Å². The number of methoxy groups -OCH3 is 2. The van der Waals surface area contributed by atoms with E-state index in [4.69, 9.17) is 13.9 Å². The van der Waals surface area contributed by atoms with Crippen molar-refractivity contribution in [1.82, 2.24) is 0 Å². The number of hydrogen-bond donors (Lipinski definition) is 3. The standard InChI is InChI=1S/C26H26N2O5/c1-16-25(27-15-18-10-7-11-33-18)20-13-23(32-3)22(31-2)12-19(20)21(26(16)30)14-24(29)28-17-8-5-4-6-9-17/h4-13,27,30H,14-15H2,1-3H3,(H,28,29). The van der Waals surface area contributed by atoms with Gasteiger partial charge in [-0.2, -0.15) is 0 Å². The molecule has 3 N–H and O–H groups in total. The lowest BCUT2D eigenvalue weighted by Gasteiger charge is -2.20. The van der Waals surface area contributed by atoms with Crippen LogP contribution in [0.1, 0.15) is 16.9 Å². The smallest absolute Gasteiger partial charge is 0.228 e. The number of anilines is 2. The third kappa shape index (κ3) is 4.57. The van der Waals surface area contributed by atoms with Crippen molar-refractivity contribution in [1.29, 1.82) is 0 Å². The Kier molecular flexibility index (Phi) is 6.40. The number of ether oxygens (including phenoxy) is 2. The first kappa shape index (κ1) is 22.1. The maximum Gasteiger partial charge on any atom is 0.228 e. The summed E-state index contributed by atoms with van der Waals surface area (Å²) in [4.78, 5) is 12.8. The molecule has 0 radical (unpaired) electrons. The molecule has 3 aromatic carbocycles. The number of benzene rings is 3. The molecule has 4 rings (SSSR count). The van der Waals surface area contributed by atoms with Gasteiger partial charge >= 0.3 is 0 Å². The number of carbonyl (C=O) groups excluding carboxylic acids is 1. The van der Waals surface area contributed by atoms with E-state index in [1.165, 1.54) is 0 Å². The van der Waals surface area contributed by atoms with E-state index in [1.807, 2.05) is 55.5 Å². The van der Waals surface area contributed by atoms with Gasteiger partial charge in [0.15, 0.2) is 11.5 Å². The van der Waals surface area contributed by atoms with Gasteiger partial charge in [-0.3, -0.25) is 4.79 Å². The molecule has 0 atom stereocenters. The zero-order chi connectivity index (χ0) is 23.4. The van der Waals surface area contributed by atoms with E-state index < -0.39 is 0 Å². The average Bonchev–Trinajstić information content (AvgIpc) is 3.35. The highest BCUT2D eigenvalue weighted by molar-refractivity contribution is 6.04. The molecule has 0 aliphatic heterocycles. The third-order valence-electron chi connectivity index (χ3n) is 5.55. The summed E-state index contributed by atoms with van der Waals surface area (Å²) < 4.78 is 16.4. The first-order valence-electron chi connectivity index (χ1n) is 10.5. The van der Waals surface area contributed by atoms with Crippen molar-refractivity contribution in [2.24, 2.45) is 0 Å². The molecule has 0 bridgehead atoms. The van der Waals surface area contributed by atoms with Gasteiger partial charge in [-0.05, 0) is 48.7 Å². The monoisotopic (exact) mass is 446 g/mol. The Labute approximate surface area is 191 Å². The lowest BCUT2D eigenvalue weighted by Crippen LogP contribution is -2.15. The molecular formula is C26H26N2O5. The van der Waals surface area contributed by atoms with Crippen LogP contribution in [0.15, 0.2) is 65.3 Å². The van der Waals surface area contributed by atoms with E-state index >= 15 is 0 Å². The van der Waals surface area contributed by atoms with Crippen molar-refractivity contribution >= 4 is 28.1 Å². The van der Waals surface area contributed by atoms with Crippen molar-refractivity contribution < 1.29 is 23.8 Å². The highest BCUT2D eigenvalue weighted by atomic mass is 16.5. The van der Waals surface area contributed by atoms with Gasteiger partial charge in [-0.1, -0.05) is 18.2 Å². The number of carbonyl (C=O) groups is 1. The van der Waals surface area contributed by atoms with Crippen LogP contribution >= 0.6 is 0 Å². The van der Waals surface area contributed by atoms with E-state index in [1.54, 1.807) is 26.5 Å². The number of aromatic hydroxyl groups is 1. The molecule has 0 unspecified atom stereocenters. The normalized spacial score (nSPS) is 10.8. The summed E-state index contributed by atoms with van der Waals surface area (Å²) in [5.41, 5.74) is 2.57. The summed E-state index contributed by atoms with van der Waals surface area (Å²) in [7, 11) is 3.12. The Balaban J connectivity index is 1.79. The van der Waals surface area contributed by atoms with E-state index in [0.29, 0.717) is 40.2 Å². The van der Waals surface area contributed by atoms with Gasteiger partial charge in [0.25, 0.3) is 0 Å². The minimum absolute atomic E-state index is 0.00792. The van der Waals surface area contributed by atoms with Crippen LogP contribution < -0.4 is 20.1 Å². The number of hydrogen-bond acceptors (Lipinski definition) is 6. The van der Waals surface area contributed by atoms with Gasteiger partial charge in [0.1, 0.15) is 11.5 Å². The van der Waals surface area contributed by atoms with Crippen LogP contribution in [0, 0.1) is 6.92 Å². The lowest BCUT2D eigenvalue weighted by atomic mass is 9.94. The predicted octanol–water partition coefficient (Wildman–Crippen LogP) is 5.26. The summed E-state index contributed by atoms with van der Waals surface area (Å²) in [5, 5.41) is 18.9. The van der Waals surface area contributed by atoms with Crippen LogP contribution in [0.2, 0.25) is 0 Å². The maximum atomic E-state index is 12.8. The first-order chi connectivity index (χ1) is 16.0. The molecule has 1 amide bonds. The van der Waals surface area contributed by atoms with Crippen molar-refractivity contribution in [2.45, 2.75) is 19.9 Å². The summed E-state index contributed by atoms with van der Waals surface area (Å²) in [6.45, 7) is 2.25. The number of nitrogens with one attached hydrogen (secondary N) is 2. The van der Waals surface area contributed by atoms with Crippen LogP contribution in [0.25, 0.3) is 10.8 Å². The van der Waals surface area contributed by atoms with E-state index in [-0.39, 0.29) is 18.1 Å². The second-order valence-electron chi connectivity index (χ2n) is 7.60. The second kappa shape index (κ2) is 9.56. The molecule has 1 heterocycles. The zero-order valence-corrected chi connectivity index (χ0v) is 18.8. The van der Waals surface area contributed by atoms with Gasteiger partial charge in [-0.15, -0.1) is 0 Å². The Hall–Kier alpha value is -4.13. The second-order valence-corrected chi connectivity index (χ2v) is 7.60. The van der Waals surface area contributed by atoms with Crippen molar-refractivity contribution in [3.8, 4) is 17.2 Å². The Morgan fingerprint density at radius 2 is 1.70 bits per heavy atom. The molecule has 0 saturated carbocycles. The van der Waals surface area contributed by atoms with Crippen LogP contribution in [0.5, 0.6) is 17.2 Å². The fourth-order valence-corrected chi connectivity index (χ4v) is 3.89. The molecule has 1 aromatic heterocycles. The fraction of sp³-hybridized carbons (Fsp3) is 0.192. The predicted molar refractivity (Wildman–Crippen MR) is 128 cm³/mol. The van der Waals surface area contributed by atoms with Crippen LogP contribution in [0.4, 0.5) is 11.4 Å². The van der Waals surface area contributed by atoms with E-state index in [0.717, 1.165) is 16.8 Å². The molecular weight excluding hydrogens is 420 g/mol. The first-order valence-corrected chi connectivity index (χ1v) is 10.5. The van der Waals surface area contributed by atoms with Crippen molar-refractivity contribution in [3.05, 3.63) is 77.7 Å². The molecule has 4 aromatic rings. The SMILES string of the molecule is COc1cc2c(CC(=O)Nc3ccccc3)c(O)c(C)c(NCc3ccco3)c2cc1OC. The van der Waals surface area contributed by atoms with Crippen molar-refractivity contribution in [2.75, 3.05) is 24.9 Å². The molecule has 33 heavy (non-hydrogen) atoms. The fourth-order valence-electron chi connectivity index (χ4n) is 3.89. The number of phenols is 1. The molecule has 0 saturated heterocycles. The van der Waals surface area contributed by atoms with Gasteiger partial charge in [-0.25, -0.2) is 0 Å². The summed E-state index contributed by atoms with van der Waals surface area (Å²) >= 11 is 0. The Morgan fingerprint density at radius 1 is 1.00 bits per heavy atom. The minimum atomic E-state index is -0.233. The third-order valence-corrected chi connectivity index (χ3v) is 5.55. The summed E-state index contributed by atoms with van der Waals surface area (Å²) in [6, 6.07) is 16.5. The molecule has 170 valence electrons. The Bertz CT molecular complexity index is 1270. The number of rotatable bonds is 8. The van der Waals surface area contributed by atoms with Gasteiger partial charge in [0, 0.05) is 27.9 Å². The molecule has 0 aliphatic carbocycles. The number of amides is 1. The molecule has 0 aliphatic rings. The average molecular weight is 447 g/mol. The Morgan fingerprint density at radius 3 is 2.33 bits per heavy atom. The zero-order valence-electron chi connectivity index (χ0n) is 18.8. The number of phenolic OH excluding ortho intramolecular Hbond substituents is 1.